The van der Waals surface area contributed by atoms with Gasteiger partial charge >= 0.3 is 16.3 Å². The van der Waals surface area contributed by atoms with Crippen LogP contribution in [0.5, 0.6) is 0 Å². The van der Waals surface area contributed by atoms with E-state index in [-0.39, 0.29) is 12.6 Å². The topological polar surface area (TPSA) is 102 Å². The van der Waals surface area contributed by atoms with Gasteiger partial charge in [-0.3, -0.25) is 0 Å². The van der Waals surface area contributed by atoms with Crippen molar-refractivity contribution < 1.29 is 17.9 Å². The monoisotopic (exact) mass is 223 g/mol. The minimum atomic E-state index is -3.78. The van der Waals surface area contributed by atoms with Crippen LogP contribution in [0.3, 0.4) is 0 Å². The molecule has 1 saturated heterocycles. The highest BCUT2D eigenvalue weighted by atomic mass is 32.2. The van der Waals surface area contributed by atoms with E-state index in [4.69, 9.17) is 5.73 Å². The molecule has 1 unspecified atom stereocenters. The van der Waals surface area contributed by atoms with Crippen molar-refractivity contribution in [3.63, 3.8) is 0 Å². The van der Waals surface area contributed by atoms with Gasteiger partial charge in [-0.05, 0) is 6.42 Å². The first-order chi connectivity index (χ1) is 6.45. The summed E-state index contributed by atoms with van der Waals surface area (Å²) in [6.07, 6.45) is -0.396. The van der Waals surface area contributed by atoms with Gasteiger partial charge in [0.1, 0.15) is 0 Å². The van der Waals surface area contributed by atoms with Crippen molar-refractivity contribution >= 4 is 16.3 Å². The lowest BCUT2D eigenvalue weighted by atomic mass is 10.3. The van der Waals surface area contributed by atoms with Gasteiger partial charge in [-0.2, -0.15) is 12.7 Å². The molecule has 0 aromatic heterocycles. The number of hydrogen-bond acceptors (Lipinski definition) is 5. The lowest BCUT2D eigenvalue weighted by Crippen LogP contribution is -2.43. The molecule has 1 aliphatic heterocycles. The summed E-state index contributed by atoms with van der Waals surface area (Å²) < 4.78 is 29.9. The Balaban J connectivity index is 2.62. The number of nitrogens with one attached hydrogen (secondary N) is 1. The Bertz CT molecular complexity index is 315. The molecule has 0 aromatic rings. The number of amides is 1. The zero-order chi connectivity index (χ0) is 10.8. The van der Waals surface area contributed by atoms with Crippen LogP contribution in [-0.2, 0) is 14.9 Å². The minimum absolute atomic E-state index is 0.163. The van der Waals surface area contributed by atoms with Crippen LogP contribution in [0.15, 0.2) is 0 Å². The number of hydrogen-bond donors (Lipinski definition) is 2. The summed E-state index contributed by atoms with van der Waals surface area (Å²) in [5.74, 6) is 0. The first kappa shape index (κ1) is 11.2. The standard InChI is InChI=1S/C6H13N3O4S/c1-13-6(10)8-14(11,12)9-3-2-5(7)4-9/h5H,2-4,7H2,1H3,(H,8,10). The van der Waals surface area contributed by atoms with Crippen molar-refractivity contribution in [1.82, 2.24) is 9.03 Å². The molecule has 0 aromatic carbocycles. The maximum atomic E-state index is 11.4. The largest absolute Gasteiger partial charge is 0.452 e. The molecular formula is C6H13N3O4S. The number of nitrogens with two attached hydrogens (primary N) is 1. The molecule has 82 valence electrons. The first-order valence-electron chi connectivity index (χ1n) is 4.07. The Labute approximate surface area is 82.4 Å². The minimum Gasteiger partial charge on any atom is -0.452 e. The van der Waals surface area contributed by atoms with Crippen molar-refractivity contribution in [1.29, 1.82) is 0 Å². The molecule has 8 heteroatoms. The third-order valence-corrected chi connectivity index (χ3v) is 3.36. The first-order valence-corrected chi connectivity index (χ1v) is 5.51. The molecule has 3 N–H and O–H groups in total. The van der Waals surface area contributed by atoms with Crippen LogP contribution in [0.2, 0.25) is 0 Å². The molecule has 14 heavy (non-hydrogen) atoms. The van der Waals surface area contributed by atoms with Crippen molar-refractivity contribution in [2.75, 3.05) is 20.2 Å². The van der Waals surface area contributed by atoms with E-state index >= 15 is 0 Å². The van der Waals surface area contributed by atoms with Crippen LogP contribution in [0.4, 0.5) is 4.79 Å². The molecule has 1 amide bonds. The Morgan fingerprint density at radius 2 is 2.29 bits per heavy atom. The number of carbonyl (C=O) groups is 1. The fourth-order valence-corrected chi connectivity index (χ4v) is 2.34. The lowest BCUT2D eigenvalue weighted by molar-refractivity contribution is 0.177. The molecule has 1 rings (SSSR count). The normalized spacial score (nSPS) is 23.4. The Morgan fingerprint density at radius 3 is 2.71 bits per heavy atom. The Kier molecular flexibility index (Phi) is 3.29. The Hall–Kier alpha value is -0.860. The molecular weight excluding hydrogens is 210 g/mol. The average Bonchev–Trinajstić information content (AvgIpc) is 2.51. The molecule has 1 fully saturated rings. The second kappa shape index (κ2) is 4.11. The van der Waals surface area contributed by atoms with E-state index in [0.29, 0.717) is 13.0 Å². The molecule has 1 heterocycles. The van der Waals surface area contributed by atoms with E-state index < -0.39 is 16.3 Å². The highest BCUT2D eigenvalue weighted by Crippen LogP contribution is 2.10. The van der Waals surface area contributed by atoms with Crippen LogP contribution in [-0.4, -0.2) is 45.1 Å². The molecule has 0 saturated carbocycles. The van der Waals surface area contributed by atoms with Crippen molar-refractivity contribution in [3.05, 3.63) is 0 Å². The van der Waals surface area contributed by atoms with Gasteiger partial charge in [0.2, 0.25) is 0 Å². The van der Waals surface area contributed by atoms with Crippen molar-refractivity contribution in [2.45, 2.75) is 12.5 Å². The smallest absolute Gasteiger partial charge is 0.421 e. The highest BCUT2D eigenvalue weighted by Gasteiger charge is 2.30. The molecule has 0 aliphatic carbocycles. The zero-order valence-electron chi connectivity index (χ0n) is 7.76. The van der Waals surface area contributed by atoms with Crippen LogP contribution >= 0.6 is 0 Å². The average molecular weight is 223 g/mol. The maximum Gasteiger partial charge on any atom is 0.421 e. The second-order valence-corrected chi connectivity index (χ2v) is 4.68. The summed E-state index contributed by atoms with van der Waals surface area (Å²) in [4.78, 5) is 10.7. The summed E-state index contributed by atoms with van der Waals surface area (Å²) in [6, 6.07) is -0.163. The van der Waals surface area contributed by atoms with Gasteiger partial charge in [0.15, 0.2) is 0 Å². The summed E-state index contributed by atoms with van der Waals surface area (Å²) in [7, 11) is -2.68. The second-order valence-electron chi connectivity index (χ2n) is 3.01. The number of carbonyl (C=O) groups excluding carboxylic acids is 1. The van der Waals surface area contributed by atoms with Gasteiger partial charge < -0.3 is 10.5 Å². The number of rotatable bonds is 2. The highest BCUT2D eigenvalue weighted by molar-refractivity contribution is 7.87. The summed E-state index contributed by atoms with van der Waals surface area (Å²) in [6.45, 7) is 0.555. The van der Waals surface area contributed by atoms with Crippen molar-refractivity contribution in [3.8, 4) is 0 Å². The fourth-order valence-electron chi connectivity index (χ4n) is 1.18. The van der Waals surface area contributed by atoms with E-state index in [2.05, 4.69) is 4.74 Å². The fraction of sp³-hybridized carbons (Fsp3) is 0.833. The van der Waals surface area contributed by atoms with E-state index in [0.717, 1.165) is 11.4 Å². The Morgan fingerprint density at radius 1 is 1.64 bits per heavy atom. The van der Waals surface area contributed by atoms with Gasteiger partial charge in [-0.1, -0.05) is 0 Å². The van der Waals surface area contributed by atoms with E-state index in [9.17, 15) is 13.2 Å². The quantitative estimate of drug-likeness (QED) is 0.600. The summed E-state index contributed by atoms with van der Waals surface area (Å²) in [5.41, 5.74) is 5.54. The third kappa shape index (κ3) is 2.56. The van der Waals surface area contributed by atoms with Crippen LogP contribution in [0.25, 0.3) is 0 Å². The predicted octanol–water partition coefficient (Wildman–Crippen LogP) is -1.38. The van der Waals surface area contributed by atoms with Gasteiger partial charge in [0, 0.05) is 19.1 Å². The molecule has 1 atom stereocenters. The summed E-state index contributed by atoms with van der Waals surface area (Å²) in [5, 5.41) is 0. The van der Waals surface area contributed by atoms with Crippen molar-refractivity contribution in [2.24, 2.45) is 5.73 Å². The molecule has 0 bridgehead atoms. The SMILES string of the molecule is COC(=O)NS(=O)(=O)N1CCC(N)C1. The van der Waals surface area contributed by atoms with Crippen LogP contribution in [0.1, 0.15) is 6.42 Å². The molecule has 0 radical (unpaired) electrons. The van der Waals surface area contributed by atoms with Crippen LogP contribution in [0, 0.1) is 0 Å². The number of ether oxygens (including phenoxy) is 1. The predicted molar refractivity (Wildman–Crippen MR) is 48.6 cm³/mol. The third-order valence-electron chi connectivity index (χ3n) is 1.93. The lowest BCUT2D eigenvalue weighted by Gasteiger charge is -2.15. The van der Waals surface area contributed by atoms with Gasteiger partial charge in [0.25, 0.3) is 0 Å². The van der Waals surface area contributed by atoms with Gasteiger partial charge in [-0.25, -0.2) is 9.52 Å². The maximum absolute atomic E-state index is 11.4. The number of nitrogens with zero attached hydrogens (tertiary/aromatic N) is 1. The summed E-state index contributed by atoms with van der Waals surface area (Å²) >= 11 is 0. The van der Waals surface area contributed by atoms with Gasteiger partial charge in [-0.15, -0.1) is 0 Å². The molecule has 0 spiro atoms. The molecule has 1 aliphatic rings. The van der Waals surface area contributed by atoms with E-state index in [1.54, 1.807) is 4.72 Å². The number of methoxy groups -OCH3 is 1. The van der Waals surface area contributed by atoms with Gasteiger partial charge in [0.05, 0.1) is 7.11 Å². The van der Waals surface area contributed by atoms with E-state index in [1.807, 2.05) is 0 Å². The molecule has 7 nitrogen and oxygen atoms in total. The van der Waals surface area contributed by atoms with Crippen LogP contribution < -0.4 is 10.5 Å². The van der Waals surface area contributed by atoms with E-state index in [1.165, 1.54) is 0 Å². The zero-order valence-corrected chi connectivity index (χ0v) is 8.58.